The van der Waals surface area contributed by atoms with Gasteiger partial charge in [-0.15, -0.1) is 0 Å². The van der Waals surface area contributed by atoms with Gasteiger partial charge in [-0.3, -0.25) is 0 Å². The third-order valence-corrected chi connectivity index (χ3v) is 3.65. The van der Waals surface area contributed by atoms with Gasteiger partial charge in [0.2, 0.25) is 0 Å². The summed E-state index contributed by atoms with van der Waals surface area (Å²) in [5.74, 6) is 0.506. The number of nitrogens with one attached hydrogen (secondary N) is 1. The Hall–Kier alpha value is -0.500. The van der Waals surface area contributed by atoms with Crippen LogP contribution in [0.5, 0.6) is 5.75 Å². The number of benzene rings is 1. The van der Waals surface area contributed by atoms with Crippen LogP contribution in [0.4, 0.5) is 0 Å². The minimum atomic E-state index is -3.26. The third-order valence-electron chi connectivity index (χ3n) is 1.95. The molecule has 0 radical (unpaired) electrons. The van der Waals surface area contributed by atoms with E-state index in [1.165, 1.54) is 0 Å². The van der Waals surface area contributed by atoms with E-state index in [4.69, 9.17) is 15.8 Å². The lowest BCUT2D eigenvalue weighted by Crippen LogP contribution is -2.22. The van der Waals surface area contributed by atoms with Gasteiger partial charge in [-0.05, 0) is 25.5 Å². The molecule has 1 aromatic rings. The summed E-state index contributed by atoms with van der Waals surface area (Å²) in [6.45, 7) is 0.624. The van der Waals surface area contributed by atoms with E-state index in [1.807, 2.05) is 19.9 Å². The average molecular weight is 248 g/mol. The summed E-state index contributed by atoms with van der Waals surface area (Å²) in [6, 6.07) is 8.96. The highest BCUT2D eigenvalue weighted by molar-refractivity contribution is 7.84. The number of rotatable bonds is 5. The van der Waals surface area contributed by atoms with Crippen molar-refractivity contribution in [2.75, 3.05) is 0 Å². The molecule has 5 heteroatoms. The van der Waals surface area contributed by atoms with Crippen LogP contribution in [0.2, 0.25) is 0 Å². The first-order chi connectivity index (χ1) is 7.03. The molecule has 0 saturated heterocycles. The zero-order valence-corrected chi connectivity index (χ0v) is 10.5. The fourth-order valence-electron chi connectivity index (χ4n) is 0.998. The Labute approximate surface area is 95.1 Å². The van der Waals surface area contributed by atoms with Gasteiger partial charge in [-0.2, -0.15) is 0 Å². The molecule has 3 nitrogen and oxygen atoms in total. The van der Waals surface area contributed by atoms with Gasteiger partial charge >= 0.3 is 6.87 Å². The number of para-hydroxylation sites is 1. The first kappa shape index (κ1) is 12.6. The molecule has 0 bridgehead atoms. The zero-order valence-electron chi connectivity index (χ0n) is 8.81. The lowest BCUT2D eigenvalue weighted by molar-refractivity contribution is 0.470. The van der Waals surface area contributed by atoms with E-state index in [-0.39, 0.29) is 6.04 Å². The molecular formula is C10H15ClNO2P. The summed E-state index contributed by atoms with van der Waals surface area (Å²) >= 11 is 5.77. The van der Waals surface area contributed by atoms with E-state index in [0.717, 1.165) is 6.42 Å². The standard InChI is InChI=1S/C10H15ClNO2P/c1-3-9(2)12-15(11,13)14-10-7-5-4-6-8-10/h4-9H,3H2,1-2H3,(H,12,13)/t9-,15?/m1/s1. The van der Waals surface area contributed by atoms with Crippen molar-refractivity contribution in [1.29, 1.82) is 0 Å². The maximum Gasteiger partial charge on any atom is 0.409 e. The molecular weight excluding hydrogens is 233 g/mol. The van der Waals surface area contributed by atoms with Gasteiger partial charge in [0.25, 0.3) is 0 Å². The molecule has 0 spiro atoms. The van der Waals surface area contributed by atoms with Gasteiger partial charge in [0.1, 0.15) is 5.75 Å². The Bertz CT molecular complexity index is 345. The highest BCUT2D eigenvalue weighted by atomic mass is 35.7. The molecule has 0 saturated carbocycles. The monoisotopic (exact) mass is 247 g/mol. The number of hydrogen-bond acceptors (Lipinski definition) is 2. The quantitative estimate of drug-likeness (QED) is 0.805. The van der Waals surface area contributed by atoms with Gasteiger partial charge in [-0.1, -0.05) is 25.1 Å². The Balaban J connectivity index is 2.61. The van der Waals surface area contributed by atoms with Crippen LogP contribution in [-0.2, 0) is 4.57 Å². The molecule has 0 aliphatic carbocycles. The second-order valence-corrected chi connectivity index (χ2v) is 6.06. The fourth-order valence-corrected chi connectivity index (χ4v) is 2.89. The van der Waals surface area contributed by atoms with Crippen molar-refractivity contribution < 1.29 is 9.09 Å². The average Bonchev–Trinajstić information content (AvgIpc) is 2.17. The molecule has 0 aromatic heterocycles. The third kappa shape index (κ3) is 4.70. The van der Waals surface area contributed by atoms with Gasteiger partial charge in [0, 0.05) is 17.3 Å². The molecule has 2 atom stereocenters. The Kier molecular flexibility index (Phi) is 4.65. The first-order valence-corrected chi connectivity index (χ1v) is 7.38. The lowest BCUT2D eigenvalue weighted by Gasteiger charge is -2.17. The van der Waals surface area contributed by atoms with Crippen molar-refractivity contribution in [3.8, 4) is 5.75 Å². The molecule has 0 fully saturated rings. The Morgan fingerprint density at radius 1 is 1.47 bits per heavy atom. The van der Waals surface area contributed by atoms with Crippen LogP contribution in [0.15, 0.2) is 30.3 Å². The minimum absolute atomic E-state index is 0.0667. The molecule has 1 unspecified atom stereocenters. The lowest BCUT2D eigenvalue weighted by atomic mass is 10.3. The van der Waals surface area contributed by atoms with Gasteiger partial charge < -0.3 is 4.52 Å². The summed E-state index contributed by atoms with van der Waals surface area (Å²) < 4.78 is 17.0. The van der Waals surface area contributed by atoms with Crippen molar-refractivity contribution in [1.82, 2.24) is 5.09 Å². The first-order valence-electron chi connectivity index (χ1n) is 4.85. The maximum atomic E-state index is 11.8. The summed E-state index contributed by atoms with van der Waals surface area (Å²) in [5.41, 5.74) is 0. The van der Waals surface area contributed by atoms with Gasteiger partial charge in [0.15, 0.2) is 0 Å². The van der Waals surface area contributed by atoms with Gasteiger partial charge in [0.05, 0.1) is 0 Å². The molecule has 1 N–H and O–H groups in total. The molecule has 84 valence electrons. The summed E-state index contributed by atoms with van der Waals surface area (Å²) in [4.78, 5) is 0. The Morgan fingerprint density at radius 2 is 2.07 bits per heavy atom. The van der Waals surface area contributed by atoms with E-state index < -0.39 is 6.87 Å². The van der Waals surface area contributed by atoms with E-state index in [1.54, 1.807) is 24.3 Å². The molecule has 1 aromatic carbocycles. The SMILES string of the molecule is CC[C@@H](C)NP(=O)(Cl)Oc1ccccc1. The number of halogens is 1. The Morgan fingerprint density at radius 3 is 2.60 bits per heavy atom. The topological polar surface area (TPSA) is 38.3 Å². The molecule has 0 aliphatic heterocycles. The molecule has 0 aliphatic rings. The van der Waals surface area contributed by atoms with E-state index in [0.29, 0.717) is 5.75 Å². The molecule has 0 amide bonds. The molecule has 15 heavy (non-hydrogen) atoms. The second-order valence-electron chi connectivity index (χ2n) is 3.32. The van der Waals surface area contributed by atoms with Crippen molar-refractivity contribution in [2.24, 2.45) is 0 Å². The predicted octanol–water partition coefficient (Wildman–Crippen LogP) is 3.80. The largest absolute Gasteiger partial charge is 0.422 e. The van der Waals surface area contributed by atoms with Crippen molar-refractivity contribution in [3.63, 3.8) is 0 Å². The summed E-state index contributed by atoms with van der Waals surface area (Å²) in [6.07, 6.45) is 0.842. The van der Waals surface area contributed by atoms with Crippen LogP contribution in [0.3, 0.4) is 0 Å². The van der Waals surface area contributed by atoms with E-state index >= 15 is 0 Å². The minimum Gasteiger partial charge on any atom is -0.422 e. The van der Waals surface area contributed by atoms with Crippen LogP contribution in [-0.4, -0.2) is 6.04 Å². The maximum absolute atomic E-state index is 11.8. The smallest absolute Gasteiger partial charge is 0.409 e. The summed E-state index contributed by atoms with van der Waals surface area (Å²) in [7, 11) is 0. The second kappa shape index (κ2) is 5.55. The normalized spacial score (nSPS) is 16.7. The molecule has 1 rings (SSSR count). The highest BCUT2D eigenvalue weighted by Crippen LogP contribution is 2.48. The number of hydrogen-bond donors (Lipinski definition) is 1. The van der Waals surface area contributed by atoms with E-state index in [2.05, 4.69) is 5.09 Å². The molecule has 0 heterocycles. The zero-order chi connectivity index (χ0) is 11.3. The van der Waals surface area contributed by atoms with Crippen LogP contribution < -0.4 is 9.61 Å². The van der Waals surface area contributed by atoms with Crippen LogP contribution >= 0.6 is 18.1 Å². The van der Waals surface area contributed by atoms with Crippen molar-refractivity contribution in [3.05, 3.63) is 30.3 Å². The van der Waals surface area contributed by atoms with Crippen LogP contribution in [0.1, 0.15) is 20.3 Å². The van der Waals surface area contributed by atoms with Crippen LogP contribution in [0.25, 0.3) is 0 Å². The predicted molar refractivity (Wildman–Crippen MR) is 63.4 cm³/mol. The van der Waals surface area contributed by atoms with Crippen molar-refractivity contribution >= 4 is 18.1 Å². The van der Waals surface area contributed by atoms with E-state index in [9.17, 15) is 4.57 Å². The fraction of sp³-hybridized carbons (Fsp3) is 0.400. The van der Waals surface area contributed by atoms with Crippen LogP contribution in [0, 0.1) is 0 Å². The van der Waals surface area contributed by atoms with Gasteiger partial charge in [-0.25, -0.2) is 9.65 Å². The summed E-state index contributed by atoms with van der Waals surface area (Å²) in [5, 5.41) is 2.75. The van der Waals surface area contributed by atoms with Crippen molar-refractivity contribution in [2.45, 2.75) is 26.3 Å². The highest BCUT2D eigenvalue weighted by Gasteiger charge is 2.22.